The minimum absolute atomic E-state index is 0.0213. The number of carbonyl (C=O) groups excluding carboxylic acids is 3. The summed E-state index contributed by atoms with van der Waals surface area (Å²) in [6.45, 7) is 2.20. The molecule has 0 saturated carbocycles. The van der Waals surface area contributed by atoms with Crippen molar-refractivity contribution in [3.05, 3.63) is 16.3 Å². The van der Waals surface area contributed by atoms with Crippen LogP contribution in [0.3, 0.4) is 0 Å². The molecule has 1 saturated heterocycles. The highest BCUT2D eigenvalue weighted by Crippen LogP contribution is 2.40. The summed E-state index contributed by atoms with van der Waals surface area (Å²) in [4.78, 5) is 50.8. The van der Waals surface area contributed by atoms with Gasteiger partial charge in [0, 0.05) is 12.8 Å². The Morgan fingerprint density at radius 2 is 1.81 bits per heavy atom. The Morgan fingerprint density at radius 1 is 1.19 bits per heavy atom. The summed E-state index contributed by atoms with van der Waals surface area (Å²) < 4.78 is 6.58. The van der Waals surface area contributed by atoms with E-state index in [9.17, 15) is 14.4 Å². The Kier molecular flexibility index (Phi) is 8.47. The molecule has 1 aromatic rings. The number of carbonyl (C=O) groups is 3. The summed E-state index contributed by atoms with van der Waals surface area (Å²) in [5.74, 6) is -1.93. The maximum absolute atomic E-state index is 12.8. The lowest BCUT2D eigenvalue weighted by Crippen LogP contribution is -2.32. The summed E-state index contributed by atoms with van der Waals surface area (Å²) in [5, 5.41) is 0.514. The second-order valence-corrected chi connectivity index (χ2v) is 8.24. The van der Waals surface area contributed by atoms with Gasteiger partial charge >= 0.3 is 5.97 Å². The normalized spacial score (nSPS) is 14.2. The van der Waals surface area contributed by atoms with Crippen LogP contribution in [0.2, 0.25) is 0 Å². The molecule has 2 amide bonds. The minimum atomic E-state index is -0.836. The van der Waals surface area contributed by atoms with Crippen molar-refractivity contribution in [2.24, 2.45) is 4.99 Å². The van der Waals surface area contributed by atoms with Crippen molar-refractivity contribution in [1.29, 1.82) is 0 Å². The molecule has 9 nitrogen and oxygen atoms in total. The molecule has 1 N–H and O–H groups in total. The van der Waals surface area contributed by atoms with E-state index in [0.29, 0.717) is 33.8 Å². The Labute approximate surface area is 195 Å². The van der Waals surface area contributed by atoms with Gasteiger partial charge in [0.25, 0.3) is 11.8 Å². The summed E-state index contributed by atoms with van der Waals surface area (Å²) in [5.41, 5.74) is 3.94. The van der Waals surface area contributed by atoms with Gasteiger partial charge in [-0.25, -0.2) is 9.79 Å². The molecule has 1 aliphatic heterocycles. The number of aliphatic imine (C=N–C) groups is 1. The standard InChI is InChI=1S/C15H14I3N3O6/c1-3-26-20-14-11(17)9(10(16)13(12(14)18)19-6-25-2)15(24)27-21-7(22)4-5-8(21)23/h6,20H,3-5H2,1-2H3. The number of nitrogens with zero attached hydrogens (tertiary/aromatic N) is 2. The molecule has 0 aromatic heterocycles. The van der Waals surface area contributed by atoms with E-state index in [1.807, 2.05) is 52.1 Å². The van der Waals surface area contributed by atoms with E-state index in [1.54, 1.807) is 0 Å². The Bertz CT molecular complexity index is 799. The molecule has 27 heavy (non-hydrogen) atoms. The van der Waals surface area contributed by atoms with Crippen LogP contribution in [0.1, 0.15) is 30.1 Å². The highest BCUT2D eigenvalue weighted by atomic mass is 127. The fourth-order valence-electron chi connectivity index (χ4n) is 2.07. The van der Waals surface area contributed by atoms with Gasteiger partial charge in [0.15, 0.2) is 6.40 Å². The van der Waals surface area contributed by atoms with Crippen LogP contribution < -0.4 is 5.48 Å². The van der Waals surface area contributed by atoms with Crippen LogP contribution in [0.15, 0.2) is 4.99 Å². The molecule has 0 aliphatic carbocycles. The fraction of sp³-hybridized carbons (Fsp3) is 0.333. The first-order chi connectivity index (χ1) is 12.8. The number of imide groups is 1. The SMILES string of the molecule is CCONc1c(I)c(N=COC)c(I)c(C(=O)ON2C(=O)CCC2=O)c1I. The molecule has 0 atom stereocenters. The number of hydrogen-bond acceptors (Lipinski definition) is 8. The van der Waals surface area contributed by atoms with Crippen molar-refractivity contribution in [1.82, 2.24) is 5.06 Å². The van der Waals surface area contributed by atoms with Crippen molar-refractivity contribution in [2.75, 3.05) is 19.2 Å². The molecule has 1 fully saturated rings. The molecule has 2 rings (SSSR count). The zero-order valence-corrected chi connectivity index (χ0v) is 20.6. The lowest BCUT2D eigenvalue weighted by Gasteiger charge is -2.19. The molecule has 1 aliphatic rings. The van der Waals surface area contributed by atoms with Gasteiger partial charge in [0.05, 0.1) is 41.4 Å². The van der Waals surface area contributed by atoms with E-state index in [2.05, 4.69) is 33.1 Å². The zero-order chi connectivity index (χ0) is 20.1. The molecule has 0 radical (unpaired) electrons. The molecule has 0 unspecified atom stereocenters. The van der Waals surface area contributed by atoms with Crippen molar-refractivity contribution < 1.29 is 28.8 Å². The molecule has 1 heterocycles. The van der Waals surface area contributed by atoms with Gasteiger partial charge in [-0.3, -0.25) is 19.9 Å². The third-order valence-corrected chi connectivity index (χ3v) is 6.46. The van der Waals surface area contributed by atoms with E-state index in [-0.39, 0.29) is 18.4 Å². The molecular formula is C15H14I3N3O6. The highest BCUT2D eigenvalue weighted by Gasteiger charge is 2.35. The van der Waals surface area contributed by atoms with Crippen LogP contribution >= 0.6 is 67.8 Å². The topological polar surface area (TPSA) is 107 Å². The molecule has 146 valence electrons. The number of hydrogen-bond donors (Lipinski definition) is 1. The number of rotatable bonds is 7. The van der Waals surface area contributed by atoms with Gasteiger partial charge in [-0.1, -0.05) is 0 Å². The van der Waals surface area contributed by atoms with Gasteiger partial charge < -0.3 is 9.57 Å². The predicted octanol–water partition coefficient (Wildman–Crippen LogP) is 3.39. The van der Waals surface area contributed by atoms with Gasteiger partial charge in [0.1, 0.15) is 0 Å². The first-order valence-electron chi connectivity index (χ1n) is 7.55. The average Bonchev–Trinajstić information content (AvgIpc) is 2.93. The maximum atomic E-state index is 12.8. The van der Waals surface area contributed by atoms with Crippen LogP contribution in [-0.2, 0) is 24.0 Å². The maximum Gasteiger partial charge on any atom is 0.366 e. The molecule has 12 heteroatoms. The fourth-order valence-corrected chi connectivity index (χ4v) is 6.17. The van der Waals surface area contributed by atoms with Crippen LogP contribution in [0, 0.1) is 10.7 Å². The second kappa shape index (κ2) is 10.1. The predicted molar refractivity (Wildman–Crippen MR) is 122 cm³/mol. The van der Waals surface area contributed by atoms with Crippen LogP contribution in [-0.4, -0.2) is 43.0 Å². The van der Waals surface area contributed by atoms with E-state index in [0.717, 1.165) is 0 Å². The van der Waals surface area contributed by atoms with Crippen molar-refractivity contribution in [3.63, 3.8) is 0 Å². The largest absolute Gasteiger partial charge is 0.486 e. The Balaban J connectivity index is 2.52. The molecule has 0 bridgehead atoms. The lowest BCUT2D eigenvalue weighted by atomic mass is 10.2. The van der Waals surface area contributed by atoms with Crippen LogP contribution in [0.4, 0.5) is 11.4 Å². The third-order valence-electron chi connectivity index (χ3n) is 3.28. The Morgan fingerprint density at radius 3 is 2.37 bits per heavy atom. The van der Waals surface area contributed by atoms with Crippen molar-refractivity contribution in [3.8, 4) is 0 Å². The van der Waals surface area contributed by atoms with Crippen LogP contribution in [0.5, 0.6) is 0 Å². The smallest absolute Gasteiger partial charge is 0.366 e. The van der Waals surface area contributed by atoms with Gasteiger partial charge in [-0.2, -0.15) is 0 Å². The van der Waals surface area contributed by atoms with E-state index in [4.69, 9.17) is 14.4 Å². The molecular weight excluding hydrogens is 699 g/mol. The number of nitrogens with one attached hydrogen (secondary N) is 1. The number of anilines is 1. The number of methoxy groups -OCH3 is 1. The first-order valence-corrected chi connectivity index (χ1v) is 10.8. The number of hydroxylamine groups is 2. The van der Waals surface area contributed by atoms with Crippen molar-refractivity contribution in [2.45, 2.75) is 19.8 Å². The summed E-state index contributed by atoms with van der Waals surface area (Å²) in [6, 6.07) is 0. The van der Waals surface area contributed by atoms with Gasteiger partial charge in [0.2, 0.25) is 0 Å². The number of amides is 2. The molecule has 1 aromatic carbocycles. The van der Waals surface area contributed by atoms with E-state index >= 15 is 0 Å². The number of benzene rings is 1. The summed E-state index contributed by atoms with van der Waals surface area (Å²) in [7, 11) is 1.45. The van der Waals surface area contributed by atoms with Gasteiger partial charge in [-0.15, -0.1) is 5.06 Å². The second-order valence-electron chi connectivity index (χ2n) is 5.01. The molecule has 0 spiro atoms. The third kappa shape index (κ3) is 5.00. The summed E-state index contributed by atoms with van der Waals surface area (Å²) in [6.07, 6.45) is 1.28. The summed E-state index contributed by atoms with van der Waals surface area (Å²) >= 11 is 6.01. The van der Waals surface area contributed by atoms with Crippen LogP contribution in [0.25, 0.3) is 0 Å². The minimum Gasteiger partial charge on any atom is -0.486 e. The number of ether oxygens (including phenoxy) is 1. The number of halogens is 3. The quantitative estimate of drug-likeness (QED) is 0.152. The zero-order valence-electron chi connectivity index (χ0n) is 14.2. The monoisotopic (exact) mass is 713 g/mol. The highest BCUT2D eigenvalue weighted by molar-refractivity contribution is 14.1. The van der Waals surface area contributed by atoms with E-state index in [1.165, 1.54) is 13.5 Å². The van der Waals surface area contributed by atoms with E-state index < -0.39 is 17.8 Å². The average molecular weight is 713 g/mol. The van der Waals surface area contributed by atoms with Gasteiger partial charge in [-0.05, 0) is 74.7 Å². The Hall–Kier alpha value is -0.750. The van der Waals surface area contributed by atoms with Crippen molar-refractivity contribution >= 4 is 103 Å². The first kappa shape index (κ1) is 22.5. The lowest BCUT2D eigenvalue weighted by molar-refractivity contribution is -0.172.